The van der Waals surface area contributed by atoms with Crippen LogP contribution < -0.4 is 4.90 Å². The fourth-order valence-corrected chi connectivity index (χ4v) is 6.19. The summed E-state index contributed by atoms with van der Waals surface area (Å²) >= 11 is 1.73. The van der Waals surface area contributed by atoms with Gasteiger partial charge in [-0.25, -0.2) is 0 Å². The zero-order chi connectivity index (χ0) is 23.1. The van der Waals surface area contributed by atoms with Gasteiger partial charge < -0.3 is 0 Å². The first kappa shape index (κ1) is 21.3. The van der Waals surface area contributed by atoms with Crippen LogP contribution in [0.2, 0.25) is 0 Å². The Labute approximate surface area is 204 Å². The second kappa shape index (κ2) is 8.49. The largest absolute Gasteiger partial charge is 0.297 e. The predicted octanol–water partition coefficient (Wildman–Crippen LogP) is 6.33. The van der Waals surface area contributed by atoms with Gasteiger partial charge in [0.05, 0.1) is 16.8 Å². The van der Waals surface area contributed by atoms with Crippen LogP contribution in [0.3, 0.4) is 0 Å². The number of hydrogen-bond acceptors (Lipinski definition) is 4. The quantitative estimate of drug-likeness (QED) is 0.353. The molecule has 1 fully saturated rings. The molecule has 5 heteroatoms. The number of anilines is 2. The van der Waals surface area contributed by atoms with E-state index in [9.17, 15) is 4.79 Å². The molecule has 4 heterocycles. The van der Waals surface area contributed by atoms with E-state index in [2.05, 4.69) is 82.9 Å². The highest BCUT2D eigenvalue weighted by atomic mass is 32.1. The van der Waals surface area contributed by atoms with Gasteiger partial charge in [-0.3, -0.25) is 19.6 Å². The maximum absolute atomic E-state index is 14.1. The van der Waals surface area contributed by atoms with E-state index in [4.69, 9.17) is 0 Å². The van der Waals surface area contributed by atoms with Crippen molar-refractivity contribution in [1.82, 2.24) is 9.88 Å². The summed E-state index contributed by atoms with van der Waals surface area (Å²) in [5.74, 6) is 0.214. The van der Waals surface area contributed by atoms with Crippen molar-refractivity contribution in [1.29, 1.82) is 0 Å². The Hall–Kier alpha value is -3.28. The molecule has 170 valence electrons. The number of pyridine rings is 1. The number of para-hydroxylation sites is 1. The number of hydrogen-bond donors (Lipinski definition) is 0. The molecule has 2 aliphatic rings. The molecule has 0 atom stereocenters. The van der Waals surface area contributed by atoms with Gasteiger partial charge in [0.2, 0.25) is 5.91 Å². The molecule has 0 radical (unpaired) electrons. The van der Waals surface area contributed by atoms with E-state index in [0.29, 0.717) is 0 Å². The lowest BCUT2D eigenvalue weighted by Gasteiger charge is -2.38. The van der Waals surface area contributed by atoms with Crippen LogP contribution in [0, 0.1) is 6.92 Å². The second-order valence-corrected chi connectivity index (χ2v) is 10.3. The SMILES string of the molecule is Cc1cccnc1CN1CCC2(CC1)C(=O)N(c1ccc(-c3cccs3)cc1)c1ccccc12. The molecule has 4 aromatic rings. The molecule has 4 nitrogen and oxygen atoms in total. The van der Waals surface area contributed by atoms with E-state index < -0.39 is 5.41 Å². The zero-order valence-electron chi connectivity index (χ0n) is 19.3. The number of aromatic nitrogens is 1. The van der Waals surface area contributed by atoms with Gasteiger partial charge in [-0.2, -0.15) is 0 Å². The zero-order valence-corrected chi connectivity index (χ0v) is 20.1. The predicted molar refractivity (Wildman–Crippen MR) is 139 cm³/mol. The summed E-state index contributed by atoms with van der Waals surface area (Å²) in [6, 6.07) is 25.1. The molecule has 0 N–H and O–H groups in total. The first-order valence-corrected chi connectivity index (χ1v) is 12.7. The van der Waals surface area contributed by atoms with Crippen molar-refractivity contribution in [3.8, 4) is 10.4 Å². The monoisotopic (exact) mass is 465 g/mol. The van der Waals surface area contributed by atoms with Crippen molar-refractivity contribution in [3.05, 3.63) is 101 Å². The number of piperidine rings is 1. The van der Waals surface area contributed by atoms with E-state index in [1.165, 1.54) is 21.6 Å². The molecule has 0 saturated carbocycles. The minimum atomic E-state index is -0.446. The normalized spacial score (nSPS) is 17.3. The molecule has 2 aromatic carbocycles. The molecular weight excluding hydrogens is 438 g/mol. The summed E-state index contributed by atoms with van der Waals surface area (Å²) in [6.45, 7) is 4.74. The van der Waals surface area contributed by atoms with Crippen molar-refractivity contribution in [2.24, 2.45) is 0 Å². The molecule has 0 unspecified atom stereocenters. The Morgan fingerprint density at radius 1 is 0.941 bits per heavy atom. The van der Waals surface area contributed by atoms with Gasteiger partial charge in [0.1, 0.15) is 0 Å². The van der Waals surface area contributed by atoms with E-state index >= 15 is 0 Å². The highest BCUT2D eigenvalue weighted by Crippen LogP contribution is 2.50. The van der Waals surface area contributed by atoms with Gasteiger partial charge in [-0.05, 0) is 85.3 Å². The van der Waals surface area contributed by atoms with Crippen LogP contribution in [-0.4, -0.2) is 28.9 Å². The van der Waals surface area contributed by atoms with E-state index in [1.807, 2.05) is 23.2 Å². The average Bonchev–Trinajstić information content (AvgIpc) is 3.49. The van der Waals surface area contributed by atoms with Gasteiger partial charge >= 0.3 is 0 Å². The number of aryl methyl sites for hydroxylation is 1. The Kier molecular flexibility index (Phi) is 5.31. The first-order chi connectivity index (χ1) is 16.7. The summed E-state index contributed by atoms with van der Waals surface area (Å²) in [4.78, 5) is 24.3. The Bertz CT molecular complexity index is 1320. The lowest BCUT2D eigenvalue weighted by Crippen LogP contribution is -2.47. The minimum Gasteiger partial charge on any atom is -0.297 e. The van der Waals surface area contributed by atoms with Crippen LogP contribution >= 0.6 is 11.3 Å². The number of benzene rings is 2. The molecule has 2 aliphatic heterocycles. The molecule has 1 spiro atoms. The lowest BCUT2D eigenvalue weighted by molar-refractivity contribution is -0.124. The van der Waals surface area contributed by atoms with Crippen molar-refractivity contribution < 1.29 is 4.79 Å². The Morgan fingerprint density at radius 2 is 1.74 bits per heavy atom. The number of carbonyl (C=O) groups is 1. The lowest BCUT2D eigenvalue weighted by atomic mass is 9.73. The second-order valence-electron chi connectivity index (χ2n) is 9.31. The standard InChI is InChI=1S/C29H27N3OS/c1-21-6-4-16-30-25(21)20-31-17-14-29(15-18-31)24-7-2-3-8-26(24)32(28(29)33)23-12-10-22(11-13-23)27-9-5-19-34-27/h2-13,16,19H,14-15,17-18,20H2,1H3. The number of likely N-dealkylation sites (tertiary alicyclic amines) is 1. The van der Waals surface area contributed by atoms with Gasteiger partial charge in [0.15, 0.2) is 0 Å². The molecule has 2 aromatic heterocycles. The third-order valence-electron chi connectivity index (χ3n) is 7.41. The molecule has 0 aliphatic carbocycles. The van der Waals surface area contributed by atoms with Crippen molar-refractivity contribution in [3.63, 3.8) is 0 Å². The number of carbonyl (C=O) groups excluding carboxylic acids is 1. The van der Waals surface area contributed by atoms with Gasteiger partial charge in [0, 0.05) is 23.3 Å². The first-order valence-electron chi connectivity index (χ1n) is 11.9. The molecule has 34 heavy (non-hydrogen) atoms. The van der Waals surface area contributed by atoms with Gasteiger partial charge in [-0.1, -0.05) is 42.5 Å². The smallest absolute Gasteiger partial charge is 0.242 e. The molecule has 1 saturated heterocycles. The van der Waals surface area contributed by atoms with E-state index in [0.717, 1.165) is 49.5 Å². The van der Waals surface area contributed by atoms with Crippen molar-refractivity contribution >= 4 is 28.6 Å². The number of thiophene rings is 1. The van der Waals surface area contributed by atoms with Crippen molar-refractivity contribution in [2.75, 3.05) is 18.0 Å². The average molecular weight is 466 g/mol. The summed E-state index contributed by atoms with van der Waals surface area (Å²) in [5, 5.41) is 2.09. The Balaban J connectivity index is 1.27. The van der Waals surface area contributed by atoms with E-state index in [1.54, 1.807) is 11.3 Å². The number of fused-ring (bicyclic) bond motifs is 2. The third-order valence-corrected chi connectivity index (χ3v) is 8.32. The third kappa shape index (κ3) is 3.47. The molecule has 0 bridgehead atoms. The number of amides is 1. The maximum atomic E-state index is 14.1. The summed E-state index contributed by atoms with van der Waals surface area (Å²) < 4.78 is 0. The molecular formula is C29H27N3OS. The van der Waals surface area contributed by atoms with Crippen molar-refractivity contribution in [2.45, 2.75) is 31.7 Å². The van der Waals surface area contributed by atoms with Crippen LogP contribution in [0.25, 0.3) is 10.4 Å². The van der Waals surface area contributed by atoms with Crippen LogP contribution in [-0.2, 0) is 16.8 Å². The summed E-state index contributed by atoms with van der Waals surface area (Å²) in [6.07, 6.45) is 3.53. The topological polar surface area (TPSA) is 36.4 Å². The van der Waals surface area contributed by atoms with Gasteiger partial charge in [-0.15, -0.1) is 11.3 Å². The fraction of sp³-hybridized carbons (Fsp3) is 0.241. The highest BCUT2D eigenvalue weighted by Gasteiger charge is 2.52. The molecule has 6 rings (SSSR count). The minimum absolute atomic E-state index is 0.214. The maximum Gasteiger partial charge on any atom is 0.242 e. The fourth-order valence-electron chi connectivity index (χ4n) is 5.46. The highest BCUT2D eigenvalue weighted by molar-refractivity contribution is 7.13. The number of nitrogens with zero attached hydrogens (tertiary/aromatic N) is 3. The van der Waals surface area contributed by atoms with Crippen LogP contribution in [0.1, 0.15) is 29.7 Å². The number of rotatable bonds is 4. The Morgan fingerprint density at radius 3 is 2.47 bits per heavy atom. The van der Waals surface area contributed by atoms with Gasteiger partial charge in [0.25, 0.3) is 0 Å². The molecule has 1 amide bonds. The van der Waals surface area contributed by atoms with Crippen LogP contribution in [0.4, 0.5) is 11.4 Å². The van der Waals surface area contributed by atoms with Crippen LogP contribution in [0.5, 0.6) is 0 Å². The van der Waals surface area contributed by atoms with Crippen LogP contribution in [0.15, 0.2) is 84.4 Å². The summed E-state index contributed by atoms with van der Waals surface area (Å²) in [7, 11) is 0. The van der Waals surface area contributed by atoms with E-state index in [-0.39, 0.29) is 5.91 Å². The summed E-state index contributed by atoms with van der Waals surface area (Å²) in [5.41, 5.74) is 6.25.